The van der Waals surface area contributed by atoms with E-state index >= 15 is 0 Å². The molecule has 0 aliphatic heterocycles. The molecule has 144 valence electrons. The zero-order valence-corrected chi connectivity index (χ0v) is 18.2. The summed E-state index contributed by atoms with van der Waals surface area (Å²) >= 11 is 2.23. The van der Waals surface area contributed by atoms with E-state index in [4.69, 9.17) is 9.57 Å². The maximum Gasteiger partial charge on any atom is 0.311 e. The van der Waals surface area contributed by atoms with Crippen molar-refractivity contribution in [3.05, 3.63) is 29.3 Å². The van der Waals surface area contributed by atoms with Crippen molar-refractivity contribution < 1.29 is 19.2 Å². The third-order valence-electron chi connectivity index (χ3n) is 3.61. The molecule has 1 rings (SSSR count). The Kier molecular flexibility index (Phi) is 9.04. The van der Waals surface area contributed by atoms with E-state index in [1.54, 1.807) is 6.92 Å². The van der Waals surface area contributed by atoms with Crippen LogP contribution in [0.25, 0.3) is 0 Å². The predicted octanol–water partition coefficient (Wildman–Crippen LogP) is 4.03. The first-order valence-electron chi connectivity index (χ1n) is 8.47. The summed E-state index contributed by atoms with van der Waals surface area (Å²) < 4.78 is 5.73. The molecule has 1 amide bonds. The van der Waals surface area contributed by atoms with Gasteiger partial charge in [0, 0.05) is 15.5 Å². The van der Waals surface area contributed by atoms with Crippen LogP contribution in [0.15, 0.2) is 23.4 Å². The molecule has 1 N–H and O–H groups in total. The molecule has 0 fully saturated rings. The smallest absolute Gasteiger partial charge is 0.311 e. The highest BCUT2D eigenvalue weighted by Crippen LogP contribution is 2.23. The van der Waals surface area contributed by atoms with E-state index in [9.17, 15) is 9.59 Å². The van der Waals surface area contributed by atoms with Gasteiger partial charge in [-0.2, -0.15) is 0 Å². The average molecular weight is 474 g/mol. The highest BCUT2D eigenvalue weighted by atomic mass is 127. The molecule has 7 heteroatoms. The molecule has 0 unspecified atom stereocenters. The van der Waals surface area contributed by atoms with Crippen LogP contribution in [0.4, 0.5) is 5.69 Å². The molecule has 0 saturated heterocycles. The summed E-state index contributed by atoms with van der Waals surface area (Å²) in [5.41, 5.74) is 3.08. The van der Waals surface area contributed by atoms with Crippen LogP contribution >= 0.6 is 22.6 Å². The Labute approximate surface area is 168 Å². The van der Waals surface area contributed by atoms with E-state index in [1.807, 2.05) is 45.9 Å². The SMILES string of the molecule is CCOC(=O)C/C(=N\OCC(=O)Nc1cc(C)cc(C)c1)C(C)(C)CI. The number of nitrogens with one attached hydrogen (secondary N) is 1. The van der Waals surface area contributed by atoms with Gasteiger partial charge in [0.05, 0.1) is 18.7 Å². The van der Waals surface area contributed by atoms with Crippen molar-refractivity contribution >= 4 is 45.9 Å². The highest BCUT2D eigenvalue weighted by molar-refractivity contribution is 14.1. The minimum absolute atomic E-state index is 0.0442. The number of alkyl halides is 1. The summed E-state index contributed by atoms with van der Waals surface area (Å²) in [6.07, 6.45) is 0.0442. The van der Waals surface area contributed by atoms with E-state index in [2.05, 4.69) is 33.1 Å². The number of carbonyl (C=O) groups is 2. The molecule has 0 aliphatic rings. The molecule has 6 nitrogen and oxygen atoms in total. The normalized spacial score (nSPS) is 11.8. The van der Waals surface area contributed by atoms with Crippen molar-refractivity contribution in [1.82, 2.24) is 0 Å². The fourth-order valence-corrected chi connectivity index (χ4v) is 2.67. The Morgan fingerprint density at radius 3 is 2.35 bits per heavy atom. The number of hydrogen-bond acceptors (Lipinski definition) is 5. The Balaban J connectivity index is 2.70. The van der Waals surface area contributed by atoms with Crippen molar-refractivity contribution in [1.29, 1.82) is 0 Å². The fourth-order valence-electron chi connectivity index (χ4n) is 2.23. The number of amides is 1. The lowest BCUT2D eigenvalue weighted by molar-refractivity contribution is -0.141. The van der Waals surface area contributed by atoms with Gasteiger partial charge in [-0.15, -0.1) is 0 Å². The van der Waals surface area contributed by atoms with Crippen LogP contribution in [0.5, 0.6) is 0 Å². The second-order valence-electron chi connectivity index (χ2n) is 6.74. The topological polar surface area (TPSA) is 77.0 Å². The van der Waals surface area contributed by atoms with Gasteiger partial charge in [0.25, 0.3) is 5.91 Å². The standard InChI is InChI=1S/C19H27IN2O4/c1-6-25-18(24)10-16(19(4,5)12-20)22-26-11-17(23)21-15-8-13(2)7-14(3)9-15/h7-9H,6,10-12H2,1-5H3,(H,21,23)/b22-16+. The maximum atomic E-state index is 12.1. The first-order valence-corrected chi connectivity index (χ1v) is 9.99. The van der Waals surface area contributed by atoms with E-state index < -0.39 is 0 Å². The summed E-state index contributed by atoms with van der Waals surface area (Å²) in [6.45, 7) is 9.72. The van der Waals surface area contributed by atoms with Gasteiger partial charge in [0.15, 0.2) is 6.61 Å². The Hall–Kier alpha value is -1.64. The van der Waals surface area contributed by atoms with Gasteiger partial charge in [-0.1, -0.05) is 47.7 Å². The molecular formula is C19H27IN2O4. The van der Waals surface area contributed by atoms with Crippen LogP contribution in [-0.2, 0) is 19.2 Å². The minimum Gasteiger partial charge on any atom is -0.466 e. The lowest BCUT2D eigenvalue weighted by atomic mass is 9.88. The van der Waals surface area contributed by atoms with Gasteiger partial charge < -0.3 is 14.9 Å². The summed E-state index contributed by atoms with van der Waals surface area (Å²) in [7, 11) is 0. The van der Waals surface area contributed by atoms with Gasteiger partial charge in [-0.25, -0.2) is 0 Å². The zero-order chi connectivity index (χ0) is 19.7. The van der Waals surface area contributed by atoms with Gasteiger partial charge in [-0.3, -0.25) is 9.59 Å². The Bertz CT molecular complexity index is 651. The van der Waals surface area contributed by atoms with Crippen molar-refractivity contribution in [3.8, 4) is 0 Å². The average Bonchev–Trinajstić information content (AvgIpc) is 2.53. The molecule has 26 heavy (non-hydrogen) atoms. The molecule has 0 aliphatic carbocycles. The first kappa shape index (κ1) is 22.4. The molecule has 0 aromatic heterocycles. The van der Waals surface area contributed by atoms with E-state index in [0.29, 0.717) is 12.3 Å². The summed E-state index contributed by atoms with van der Waals surface area (Å²) in [6, 6.07) is 5.81. The Morgan fingerprint density at radius 2 is 1.81 bits per heavy atom. The third-order valence-corrected chi connectivity index (χ3v) is 5.52. The monoisotopic (exact) mass is 474 g/mol. The molecule has 0 saturated carbocycles. The lowest BCUT2D eigenvalue weighted by Crippen LogP contribution is -2.29. The number of oxime groups is 1. The van der Waals surface area contributed by atoms with Crippen LogP contribution < -0.4 is 5.32 Å². The number of esters is 1. The lowest BCUT2D eigenvalue weighted by Gasteiger charge is -2.23. The van der Waals surface area contributed by atoms with Crippen molar-refractivity contribution in [2.45, 2.75) is 41.0 Å². The van der Waals surface area contributed by atoms with Crippen molar-refractivity contribution in [2.24, 2.45) is 10.6 Å². The highest BCUT2D eigenvalue weighted by Gasteiger charge is 2.27. The van der Waals surface area contributed by atoms with Crippen LogP contribution in [0.2, 0.25) is 0 Å². The number of halogens is 1. The number of rotatable bonds is 9. The predicted molar refractivity (Wildman–Crippen MR) is 112 cm³/mol. The van der Waals surface area contributed by atoms with Gasteiger partial charge in [0.2, 0.25) is 0 Å². The summed E-state index contributed by atoms with van der Waals surface area (Å²) in [5.74, 6) is -0.658. The van der Waals surface area contributed by atoms with Crippen LogP contribution in [0.3, 0.4) is 0 Å². The van der Waals surface area contributed by atoms with E-state index in [0.717, 1.165) is 21.2 Å². The Morgan fingerprint density at radius 1 is 1.19 bits per heavy atom. The molecule has 1 aromatic carbocycles. The van der Waals surface area contributed by atoms with Crippen molar-refractivity contribution in [2.75, 3.05) is 23.0 Å². The maximum absolute atomic E-state index is 12.1. The summed E-state index contributed by atoms with van der Waals surface area (Å²) in [4.78, 5) is 29.1. The quantitative estimate of drug-likeness (QED) is 0.193. The number of carbonyl (C=O) groups excluding carboxylic acids is 2. The molecule has 0 radical (unpaired) electrons. The number of ether oxygens (including phenoxy) is 1. The largest absolute Gasteiger partial charge is 0.466 e. The van der Waals surface area contributed by atoms with E-state index in [-0.39, 0.29) is 30.3 Å². The number of aryl methyl sites for hydroxylation is 2. The number of anilines is 1. The molecule has 0 heterocycles. The molecular weight excluding hydrogens is 447 g/mol. The first-order chi connectivity index (χ1) is 12.2. The fraction of sp³-hybridized carbons (Fsp3) is 0.526. The zero-order valence-electron chi connectivity index (χ0n) is 16.0. The molecule has 1 aromatic rings. The van der Waals surface area contributed by atoms with E-state index in [1.165, 1.54) is 0 Å². The second kappa shape index (κ2) is 10.5. The minimum atomic E-state index is -0.354. The number of nitrogens with zero attached hydrogens (tertiary/aromatic N) is 1. The summed E-state index contributed by atoms with van der Waals surface area (Å²) in [5, 5.41) is 6.84. The molecule has 0 bridgehead atoms. The molecule has 0 atom stereocenters. The molecule has 0 spiro atoms. The third kappa shape index (κ3) is 7.72. The van der Waals surface area contributed by atoms with Crippen LogP contribution in [-0.4, -0.2) is 35.2 Å². The van der Waals surface area contributed by atoms with Gasteiger partial charge in [0.1, 0.15) is 0 Å². The van der Waals surface area contributed by atoms with Crippen LogP contribution in [0, 0.1) is 19.3 Å². The van der Waals surface area contributed by atoms with Gasteiger partial charge >= 0.3 is 5.97 Å². The van der Waals surface area contributed by atoms with Gasteiger partial charge in [-0.05, 0) is 44.0 Å². The van der Waals surface area contributed by atoms with Crippen LogP contribution in [0.1, 0.15) is 38.3 Å². The number of hydrogen-bond donors (Lipinski definition) is 1. The number of benzene rings is 1. The second-order valence-corrected chi connectivity index (χ2v) is 7.50. The van der Waals surface area contributed by atoms with Crippen molar-refractivity contribution in [3.63, 3.8) is 0 Å².